The number of rotatable bonds is 7. The molecule has 0 aliphatic carbocycles. The van der Waals surface area contributed by atoms with Gasteiger partial charge >= 0.3 is 0 Å². The number of halogens is 2. The van der Waals surface area contributed by atoms with Crippen molar-refractivity contribution in [3.8, 4) is 17.2 Å². The third-order valence-electron chi connectivity index (χ3n) is 14.0. The van der Waals surface area contributed by atoms with Crippen molar-refractivity contribution >= 4 is 69.0 Å². The molecule has 64 heavy (non-hydrogen) atoms. The van der Waals surface area contributed by atoms with Crippen molar-refractivity contribution in [2.24, 2.45) is 13.0 Å². The fourth-order valence-electron chi connectivity index (χ4n) is 10.3. The van der Waals surface area contributed by atoms with Crippen LogP contribution in [-0.2, 0) is 22.1 Å². The molecular formula is C49H47ClFN9O4. The second kappa shape index (κ2) is 15.6. The Bertz CT molecular complexity index is 2890. The lowest BCUT2D eigenvalue weighted by molar-refractivity contribution is -0.125. The number of allylic oxidation sites excluding steroid dienone is 1. The lowest BCUT2D eigenvalue weighted by Gasteiger charge is -2.40. The summed E-state index contributed by atoms with van der Waals surface area (Å²) in [5.74, 6) is -0.810. The van der Waals surface area contributed by atoms with Crippen LogP contribution in [0.4, 0.5) is 27.3 Å². The third kappa shape index (κ3) is 6.71. The number of piperidine rings is 2. The zero-order valence-corrected chi connectivity index (χ0v) is 36.7. The maximum atomic E-state index is 15.9. The van der Waals surface area contributed by atoms with Crippen molar-refractivity contribution in [3.63, 3.8) is 0 Å². The van der Waals surface area contributed by atoms with Crippen LogP contribution in [0.5, 0.6) is 0 Å². The molecular weight excluding hydrogens is 833 g/mol. The first-order valence-electron chi connectivity index (χ1n) is 21.8. The van der Waals surface area contributed by atoms with E-state index in [1.165, 1.54) is 0 Å². The van der Waals surface area contributed by atoms with E-state index >= 15 is 4.39 Å². The molecule has 1 unspecified atom stereocenters. The number of imide groups is 1. The van der Waals surface area contributed by atoms with Crippen LogP contribution in [0, 0.1) is 23.2 Å². The van der Waals surface area contributed by atoms with Gasteiger partial charge in [0, 0.05) is 75.2 Å². The quantitative estimate of drug-likeness (QED) is 0.132. The Morgan fingerprint density at radius 2 is 1.64 bits per heavy atom. The maximum absolute atomic E-state index is 15.9. The molecule has 1 atom stereocenters. The van der Waals surface area contributed by atoms with E-state index in [9.17, 15) is 24.4 Å². The Morgan fingerprint density at radius 1 is 0.891 bits per heavy atom. The molecule has 3 aromatic carbocycles. The Balaban J connectivity index is 0.747. The van der Waals surface area contributed by atoms with Gasteiger partial charge in [-0.15, -0.1) is 0 Å². The molecule has 3 saturated heterocycles. The summed E-state index contributed by atoms with van der Waals surface area (Å²) in [4.78, 5) is 67.9. The number of aromatic nitrogens is 2. The standard InChI is InChI=1S/C49H47ClFN9O4/c1-28-5-12-39(45(61)53-28)60-46(62)42-35-10-9-32(25-40(35)55(4)43(42)47(60)63)57-21-19-56(20-22-57)27-29-15-17-58(18-16-29)41-14-11-34(44(51)54-41)30-7-13-38-36(23-30)49(2,3)48(64)59(38)33-8-6-31(26-52)37(50)24-33/h6-11,13-14,23-25,29,39H,1,5,12,15-22,27H2,2-4H3,(H,53,61). The van der Waals surface area contributed by atoms with Crippen LogP contribution >= 0.6 is 11.6 Å². The van der Waals surface area contributed by atoms with Crippen molar-refractivity contribution in [1.29, 1.82) is 5.26 Å². The predicted molar refractivity (Wildman–Crippen MR) is 243 cm³/mol. The molecule has 5 aromatic rings. The molecule has 0 spiro atoms. The van der Waals surface area contributed by atoms with Gasteiger partial charge in [0.1, 0.15) is 23.6 Å². The molecule has 1 N–H and O–H groups in total. The Morgan fingerprint density at radius 3 is 2.34 bits per heavy atom. The van der Waals surface area contributed by atoms with Crippen molar-refractivity contribution < 1.29 is 23.6 Å². The number of anilines is 4. The van der Waals surface area contributed by atoms with Crippen molar-refractivity contribution in [1.82, 2.24) is 24.7 Å². The summed E-state index contributed by atoms with van der Waals surface area (Å²) in [7, 11) is 1.81. The second-order valence-electron chi connectivity index (χ2n) is 18.1. The summed E-state index contributed by atoms with van der Waals surface area (Å²) in [5, 5.41) is 13.0. The average Bonchev–Trinajstić information content (AvgIpc) is 3.80. The predicted octanol–water partition coefficient (Wildman–Crippen LogP) is 7.29. The van der Waals surface area contributed by atoms with Gasteiger partial charge in [0.05, 0.1) is 38.5 Å². The van der Waals surface area contributed by atoms with Crippen LogP contribution in [0.15, 0.2) is 79.0 Å². The molecule has 5 aliphatic heterocycles. The molecule has 10 rings (SSSR count). The van der Waals surface area contributed by atoms with Crippen molar-refractivity contribution in [3.05, 3.63) is 112 Å². The highest BCUT2D eigenvalue weighted by molar-refractivity contribution is 6.32. The highest BCUT2D eigenvalue weighted by Crippen LogP contribution is 2.47. The molecule has 0 radical (unpaired) electrons. The van der Waals surface area contributed by atoms with Gasteiger partial charge in [-0.05, 0) is 117 Å². The smallest absolute Gasteiger partial charge is 0.278 e. The summed E-state index contributed by atoms with van der Waals surface area (Å²) in [6, 6.07) is 21.3. The maximum Gasteiger partial charge on any atom is 0.278 e. The number of fused-ring (bicyclic) bond motifs is 4. The molecule has 3 fully saturated rings. The van der Waals surface area contributed by atoms with Crippen LogP contribution in [-0.4, -0.2) is 94.8 Å². The van der Waals surface area contributed by atoms with Gasteiger partial charge in [0.25, 0.3) is 11.8 Å². The van der Waals surface area contributed by atoms with Gasteiger partial charge in [-0.3, -0.25) is 33.9 Å². The normalized spacial score (nSPS) is 20.3. The van der Waals surface area contributed by atoms with Crippen LogP contribution in [0.2, 0.25) is 5.02 Å². The number of pyridine rings is 1. The Kier molecular flexibility index (Phi) is 10.1. The first kappa shape index (κ1) is 41.5. The number of carbonyl (C=O) groups is 4. The number of nitrogens with one attached hydrogen (secondary N) is 1. The van der Waals surface area contributed by atoms with E-state index in [0.29, 0.717) is 75.0 Å². The van der Waals surface area contributed by atoms with Crippen LogP contribution in [0.3, 0.4) is 0 Å². The summed E-state index contributed by atoms with van der Waals surface area (Å²) >= 11 is 6.33. The minimum absolute atomic E-state index is 0.140. The van der Waals surface area contributed by atoms with Crippen molar-refractivity contribution in [2.75, 3.05) is 60.5 Å². The van der Waals surface area contributed by atoms with E-state index in [1.54, 1.807) is 40.8 Å². The Hall–Kier alpha value is -6.56. The molecule has 0 saturated carbocycles. The fraction of sp³-hybridized carbons (Fsp3) is 0.347. The number of benzene rings is 3. The van der Waals surface area contributed by atoms with Gasteiger partial charge in [0.2, 0.25) is 17.8 Å². The van der Waals surface area contributed by atoms with E-state index in [0.717, 1.165) is 80.3 Å². The van der Waals surface area contributed by atoms with Gasteiger partial charge in [-0.25, -0.2) is 4.98 Å². The van der Waals surface area contributed by atoms with Crippen LogP contribution in [0.25, 0.3) is 22.0 Å². The van der Waals surface area contributed by atoms with Gasteiger partial charge in [-0.2, -0.15) is 9.65 Å². The average molecular weight is 880 g/mol. The van der Waals surface area contributed by atoms with E-state index in [-0.39, 0.29) is 16.8 Å². The SMILES string of the molecule is C=C1CCC(N2C(=O)c3c(n(C)c4cc(N5CCN(CC6CCN(c7ccc(-c8ccc9c(c8)C(C)(C)C(=O)N9c8ccc(C#N)c(Cl)c8)c(F)n7)CC6)CC5)ccc34)C2=O)C(=O)N1. The molecule has 4 amide bonds. The van der Waals surface area contributed by atoms with E-state index in [4.69, 9.17) is 11.6 Å². The molecule has 13 nitrogen and oxygen atoms in total. The fourth-order valence-corrected chi connectivity index (χ4v) is 10.5. The second-order valence-corrected chi connectivity index (χ2v) is 18.5. The molecule has 2 aromatic heterocycles. The number of hydrogen-bond donors (Lipinski definition) is 1. The van der Waals surface area contributed by atoms with Gasteiger partial charge < -0.3 is 19.7 Å². The van der Waals surface area contributed by atoms with Crippen LogP contribution < -0.4 is 20.0 Å². The summed E-state index contributed by atoms with van der Waals surface area (Å²) in [5.41, 5.74) is 5.61. The minimum Gasteiger partial charge on any atom is -0.369 e. The lowest BCUT2D eigenvalue weighted by atomic mass is 9.85. The van der Waals surface area contributed by atoms with Gasteiger partial charge in [0.15, 0.2) is 0 Å². The molecule has 326 valence electrons. The number of aryl methyl sites for hydroxylation is 1. The number of nitriles is 1. The molecule has 15 heteroatoms. The molecule has 0 bridgehead atoms. The molecule has 5 aliphatic rings. The highest BCUT2D eigenvalue weighted by atomic mass is 35.5. The minimum atomic E-state index is -0.878. The Labute approximate surface area is 375 Å². The van der Waals surface area contributed by atoms with E-state index < -0.39 is 29.2 Å². The number of nitrogens with zero attached hydrogens (tertiary/aromatic N) is 8. The first-order valence-corrected chi connectivity index (χ1v) is 22.2. The molecule has 7 heterocycles. The zero-order chi connectivity index (χ0) is 44.8. The van der Waals surface area contributed by atoms with Crippen molar-refractivity contribution in [2.45, 2.75) is 51.0 Å². The topological polar surface area (TPSA) is 138 Å². The zero-order valence-electron chi connectivity index (χ0n) is 36.0. The van der Waals surface area contributed by atoms with E-state index in [1.807, 2.05) is 50.2 Å². The summed E-state index contributed by atoms with van der Waals surface area (Å²) in [6.45, 7) is 13.6. The number of amides is 4. The summed E-state index contributed by atoms with van der Waals surface area (Å²) < 4.78 is 17.7. The number of piperazine rings is 1. The number of hydrogen-bond acceptors (Lipinski definition) is 9. The lowest BCUT2D eigenvalue weighted by Crippen LogP contribution is -2.52. The largest absolute Gasteiger partial charge is 0.369 e. The summed E-state index contributed by atoms with van der Waals surface area (Å²) in [6.07, 6.45) is 2.83. The highest BCUT2D eigenvalue weighted by Gasteiger charge is 2.48. The first-order chi connectivity index (χ1) is 30.7. The van der Waals surface area contributed by atoms with Crippen LogP contribution in [0.1, 0.15) is 71.5 Å². The third-order valence-corrected chi connectivity index (χ3v) is 14.3. The van der Waals surface area contributed by atoms with E-state index in [2.05, 4.69) is 43.7 Å². The van der Waals surface area contributed by atoms with Gasteiger partial charge in [-0.1, -0.05) is 24.2 Å². The monoisotopic (exact) mass is 879 g/mol. The number of carbonyl (C=O) groups excluding carboxylic acids is 4.